The summed E-state index contributed by atoms with van der Waals surface area (Å²) in [6.07, 6.45) is 0. The molecule has 0 bridgehead atoms. The van der Waals surface area contributed by atoms with Gasteiger partial charge in [-0.05, 0) is 159 Å². The zero-order chi connectivity index (χ0) is 92.1. The van der Waals surface area contributed by atoms with Crippen LogP contribution in [0.3, 0.4) is 0 Å². The SMILES string of the molecule is N#Cc1cccc(-c2nc(-c3ccccc3)nc(-c3ccc(-n4c5ccccc5c5ccccc54)cc3)n2)c1.c1ccc(-c2cccc(-c3nc(-c4ccccc4)nc(-c4ccc(-n5c6ccccc6c6ccccc65)cc4)n3)c2)cc1.c1ccc(-c2nc(-c3ccc(-n4c5ccccc5c5ccccc54)cc3)nc(-c3cccc([Si](c4ccccc4)(c4ccccc4)c4ccccc4)c3)n2)cc1. The molecule has 0 aliphatic rings. The Balaban J connectivity index is 0.000000118. The number of rotatable bonds is 17. The van der Waals surface area contributed by atoms with Gasteiger partial charge in [0.15, 0.2) is 60.5 Å². The minimum atomic E-state index is -2.76. The highest BCUT2D eigenvalue weighted by Crippen LogP contribution is 2.39. The fraction of sp³-hybridized carbons (Fsp3) is 0. The molecule has 0 radical (unpaired) electrons. The average molecular weight is 1780 g/mol. The van der Waals surface area contributed by atoms with Gasteiger partial charge in [-0.2, -0.15) is 5.26 Å². The third-order valence-corrected chi connectivity index (χ3v) is 30.3. The van der Waals surface area contributed by atoms with Crippen LogP contribution in [-0.4, -0.2) is 66.6 Å². The van der Waals surface area contributed by atoms with Crippen LogP contribution >= 0.6 is 0 Å². The molecule has 19 aromatic carbocycles. The zero-order valence-corrected chi connectivity index (χ0v) is 75.7. The first-order valence-electron chi connectivity index (χ1n) is 46.0. The summed E-state index contributed by atoms with van der Waals surface area (Å²) in [6.45, 7) is 0. The summed E-state index contributed by atoms with van der Waals surface area (Å²) in [7, 11) is -2.76. The lowest BCUT2D eigenvalue weighted by atomic mass is 10.0. The Morgan fingerprint density at radius 1 is 0.159 bits per heavy atom. The van der Waals surface area contributed by atoms with E-state index in [1.165, 1.54) is 75.1 Å². The van der Waals surface area contributed by atoms with Gasteiger partial charge >= 0.3 is 0 Å². The minimum Gasteiger partial charge on any atom is -0.309 e. The Bertz CT molecular complexity index is 8540. The van der Waals surface area contributed by atoms with Gasteiger partial charge in [0, 0.05) is 99.5 Å². The van der Waals surface area contributed by atoms with E-state index >= 15 is 0 Å². The second kappa shape index (κ2) is 37.2. The van der Waals surface area contributed by atoms with Gasteiger partial charge < -0.3 is 13.7 Å². The monoisotopic (exact) mass is 1780 g/mol. The summed E-state index contributed by atoms with van der Waals surface area (Å²) in [4.78, 5) is 44.8. The van der Waals surface area contributed by atoms with E-state index in [-0.39, 0.29) is 0 Å². The third-order valence-electron chi connectivity index (χ3n) is 25.5. The van der Waals surface area contributed by atoms with E-state index in [2.05, 4.69) is 414 Å². The first-order valence-corrected chi connectivity index (χ1v) is 48.0. The van der Waals surface area contributed by atoms with Crippen LogP contribution in [0.5, 0.6) is 0 Å². The van der Waals surface area contributed by atoms with E-state index in [1.807, 2.05) is 97.1 Å². The lowest BCUT2D eigenvalue weighted by Crippen LogP contribution is -2.74. The van der Waals surface area contributed by atoms with Crippen LogP contribution in [0.2, 0.25) is 0 Å². The summed E-state index contributed by atoms with van der Waals surface area (Å²) in [6, 6.07) is 177. The van der Waals surface area contributed by atoms with Crippen LogP contribution in [0.4, 0.5) is 0 Å². The van der Waals surface area contributed by atoms with Gasteiger partial charge in [-0.25, -0.2) is 44.9 Å². The topological polar surface area (TPSA) is 155 Å². The van der Waals surface area contributed by atoms with Gasteiger partial charge in [-0.1, -0.05) is 376 Å². The van der Waals surface area contributed by atoms with Crippen molar-refractivity contribution in [2.75, 3.05) is 0 Å². The van der Waals surface area contributed by atoms with E-state index in [0.29, 0.717) is 58.0 Å². The molecule has 0 N–H and O–H groups in total. The van der Waals surface area contributed by atoms with Crippen LogP contribution in [0.25, 0.3) is 196 Å². The Morgan fingerprint density at radius 2 is 0.362 bits per heavy atom. The maximum Gasteiger partial charge on any atom is 0.179 e. The molecule has 0 aliphatic carbocycles. The van der Waals surface area contributed by atoms with Gasteiger partial charge in [0.25, 0.3) is 0 Å². The molecule has 0 saturated heterocycles. The van der Waals surface area contributed by atoms with Crippen molar-refractivity contribution in [3.63, 3.8) is 0 Å². The summed E-state index contributed by atoms with van der Waals surface area (Å²) < 4.78 is 6.93. The van der Waals surface area contributed by atoms with Crippen molar-refractivity contribution in [1.29, 1.82) is 5.26 Å². The van der Waals surface area contributed by atoms with Crippen molar-refractivity contribution < 1.29 is 0 Å². The first kappa shape index (κ1) is 83.6. The molecular weight excluding hydrogens is 1700 g/mol. The molecule has 25 rings (SSSR count). The van der Waals surface area contributed by atoms with Crippen molar-refractivity contribution in [2.24, 2.45) is 0 Å². The first-order chi connectivity index (χ1) is 68.4. The number of aromatic nitrogens is 12. The molecule has 25 aromatic rings. The second-order valence-corrected chi connectivity index (χ2v) is 37.6. The lowest BCUT2D eigenvalue weighted by Gasteiger charge is -2.34. The van der Waals surface area contributed by atoms with Gasteiger partial charge in [-0.15, -0.1) is 0 Å². The number of para-hydroxylation sites is 6. The van der Waals surface area contributed by atoms with Crippen LogP contribution < -0.4 is 20.7 Å². The smallest absolute Gasteiger partial charge is 0.179 e. The quantitative estimate of drug-likeness (QED) is 0.0635. The predicted molar refractivity (Wildman–Crippen MR) is 565 cm³/mol. The van der Waals surface area contributed by atoms with Crippen LogP contribution in [-0.2, 0) is 0 Å². The van der Waals surface area contributed by atoms with Crippen molar-refractivity contribution in [3.05, 3.63) is 509 Å². The second-order valence-electron chi connectivity index (χ2n) is 33.8. The maximum absolute atomic E-state index is 9.41. The maximum atomic E-state index is 9.41. The molecule has 6 heterocycles. The highest BCUT2D eigenvalue weighted by atomic mass is 28.3. The lowest BCUT2D eigenvalue weighted by molar-refractivity contribution is 1.07. The Kier molecular flexibility index (Phi) is 22.5. The standard InChI is InChI=1S/C51H36N4Si.C39H26N4.C34H21N5/c1-5-18-37(19-6-1)49-52-50(38-32-34-40(35-33-38)55-47-30-15-13-28-45(47)46-29-14-16-31-48(46)55)54-51(53-49)39-20-17-27-44(36-39)56(41-21-7-2-8-22-41,42-23-9-3-10-24-42)43-25-11-4-12-26-43;1-3-12-27(13-4-1)30-16-11-17-31(26-30)39-41-37(28-14-5-2-6-15-28)40-38(42-39)29-22-24-32(25-23-29)43-35-20-9-7-18-33(35)34-19-8-10-21-36(34)43;35-22-23-9-8-12-26(21-23)34-37-32(24-10-2-1-3-11-24)36-33(38-34)25-17-19-27(20-18-25)39-30-15-6-4-13-28(30)29-14-5-7-16-31(29)39/h1-36H;1-26H;1-21H. The van der Waals surface area contributed by atoms with Crippen LogP contribution in [0.15, 0.2) is 504 Å². The number of hydrogen-bond donors (Lipinski definition) is 0. The Labute approximate surface area is 798 Å². The van der Waals surface area contributed by atoms with Crippen molar-refractivity contribution >= 4 is 94.2 Å². The molecule has 6 aromatic heterocycles. The van der Waals surface area contributed by atoms with Gasteiger partial charge in [0.2, 0.25) is 0 Å². The van der Waals surface area contributed by atoms with Gasteiger partial charge in [0.1, 0.15) is 0 Å². The Morgan fingerprint density at radius 3 is 0.652 bits per heavy atom. The number of benzene rings is 19. The summed E-state index contributed by atoms with van der Waals surface area (Å²) in [5, 5.41) is 22.0. The summed E-state index contributed by atoms with van der Waals surface area (Å²) >= 11 is 0. The molecule has 648 valence electrons. The minimum absolute atomic E-state index is 0.530. The molecule has 13 nitrogen and oxygen atoms in total. The fourth-order valence-electron chi connectivity index (χ4n) is 19.1. The Hall–Kier alpha value is -18.7. The molecule has 0 saturated carbocycles. The molecule has 0 aliphatic heterocycles. The summed E-state index contributed by atoms with van der Waals surface area (Å²) in [5.41, 5.74) is 21.3. The number of fused-ring (bicyclic) bond motifs is 9. The highest BCUT2D eigenvalue weighted by molar-refractivity contribution is 7.20. The van der Waals surface area contributed by atoms with Crippen LogP contribution in [0.1, 0.15) is 5.56 Å². The van der Waals surface area contributed by atoms with E-state index in [1.54, 1.807) is 12.1 Å². The molecule has 0 spiro atoms. The predicted octanol–water partition coefficient (Wildman–Crippen LogP) is 26.8. The van der Waals surface area contributed by atoms with E-state index in [9.17, 15) is 5.26 Å². The molecule has 0 fully saturated rings. The normalized spacial score (nSPS) is 11.3. The molecule has 14 heteroatoms. The third kappa shape index (κ3) is 16.2. The van der Waals surface area contributed by atoms with Gasteiger partial charge in [0.05, 0.1) is 44.7 Å². The fourth-order valence-corrected chi connectivity index (χ4v) is 23.9. The van der Waals surface area contributed by atoms with E-state index in [0.717, 1.165) is 89.3 Å². The number of nitrogens with zero attached hydrogens (tertiary/aromatic N) is 13. The molecule has 0 unspecified atom stereocenters. The molecule has 0 amide bonds. The van der Waals surface area contributed by atoms with Crippen molar-refractivity contribution in [1.82, 2.24) is 58.6 Å². The van der Waals surface area contributed by atoms with Crippen molar-refractivity contribution in [2.45, 2.75) is 0 Å². The van der Waals surface area contributed by atoms with E-state index < -0.39 is 8.07 Å². The van der Waals surface area contributed by atoms with Crippen molar-refractivity contribution in [3.8, 4) is 137 Å². The van der Waals surface area contributed by atoms with Crippen LogP contribution in [0, 0.1) is 11.3 Å². The summed E-state index contributed by atoms with van der Waals surface area (Å²) in [5.74, 6) is 5.54. The largest absolute Gasteiger partial charge is 0.309 e. The molecule has 138 heavy (non-hydrogen) atoms. The van der Waals surface area contributed by atoms with Gasteiger partial charge in [-0.3, -0.25) is 0 Å². The molecular formula is C124H83N13Si. The number of nitriles is 1. The number of hydrogen-bond acceptors (Lipinski definition) is 10. The van der Waals surface area contributed by atoms with E-state index in [4.69, 9.17) is 44.9 Å². The average Bonchev–Trinajstić information content (AvgIpc) is 1.42. The highest BCUT2D eigenvalue weighted by Gasteiger charge is 2.42. The molecule has 0 atom stereocenters. The zero-order valence-electron chi connectivity index (χ0n) is 74.7.